The highest BCUT2D eigenvalue weighted by Gasteiger charge is 2.14. The molecule has 4 aromatic carbocycles. The Kier molecular flexibility index (Phi) is 8.91. The van der Waals surface area contributed by atoms with E-state index < -0.39 is 0 Å². The Morgan fingerprint density at radius 1 is 0.619 bits per heavy atom. The van der Waals surface area contributed by atoms with Crippen LogP contribution in [0.4, 0.5) is 0 Å². The largest absolute Gasteiger partial charge is 0.208 e. The number of benzene rings is 4. The molecule has 0 N–H and O–H groups in total. The van der Waals surface area contributed by atoms with E-state index in [1.165, 1.54) is 0 Å². The van der Waals surface area contributed by atoms with Gasteiger partial charge in [0.1, 0.15) is 0 Å². The molecule has 5 rings (SSSR count). The quantitative estimate of drug-likeness (QED) is 0.165. The highest BCUT2D eigenvalue weighted by molar-refractivity contribution is 5.77. The van der Waals surface area contributed by atoms with Gasteiger partial charge in [-0.05, 0) is 58.0 Å². The fraction of sp³-hybridized carbons (Fsp3) is 0.0513. The first-order valence-corrected chi connectivity index (χ1v) is 14.0. The van der Waals surface area contributed by atoms with Crippen LogP contribution >= 0.6 is 0 Å². The van der Waals surface area contributed by atoms with E-state index >= 15 is 0 Å². The van der Waals surface area contributed by atoms with Crippen LogP contribution in [-0.4, -0.2) is 15.0 Å². The van der Waals surface area contributed by atoms with Crippen molar-refractivity contribution >= 4 is 5.57 Å². The summed E-state index contributed by atoms with van der Waals surface area (Å²) in [5, 5.41) is 0. The fourth-order valence-corrected chi connectivity index (χ4v) is 4.79. The van der Waals surface area contributed by atoms with E-state index in [0.717, 1.165) is 56.5 Å². The van der Waals surface area contributed by atoms with Gasteiger partial charge in [-0.1, -0.05) is 142 Å². The lowest BCUT2D eigenvalue weighted by Gasteiger charge is -2.12. The normalized spacial score (nSPS) is 11.6. The van der Waals surface area contributed by atoms with Gasteiger partial charge in [-0.25, -0.2) is 15.0 Å². The van der Waals surface area contributed by atoms with Crippen molar-refractivity contribution in [3.05, 3.63) is 170 Å². The molecule has 0 atom stereocenters. The molecule has 0 aliphatic rings. The molecule has 5 aromatic rings. The highest BCUT2D eigenvalue weighted by Crippen LogP contribution is 2.30. The minimum Gasteiger partial charge on any atom is -0.208 e. The summed E-state index contributed by atoms with van der Waals surface area (Å²) in [7, 11) is 0. The molecule has 0 saturated carbocycles. The van der Waals surface area contributed by atoms with E-state index in [-0.39, 0.29) is 0 Å². The Morgan fingerprint density at radius 2 is 1.10 bits per heavy atom. The molecule has 0 aliphatic heterocycles. The third-order valence-electron chi connectivity index (χ3n) is 7.01. The molecule has 0 radical (unpaired) electrons. The second kappa shape index (κ2) is 13.3. The zero-order valence-corrected chi connectivity index (χ0v) is 23.9. The van der Waals surface area contributed by atoms with Crippen LogP contribution < -0.4 is 0 Å². The van der Waals surface area contributed by atoms with Crippen molar-refractivity contribution in [2.75, 3.05) is 0 Å². The van der Waals surface area contributed by atoms with Crippen molar-refractivity contribution in [2.45, 2.75) is 13.3 Å². The van der Waals surface area contributed by atoms with Crippen LogP contribution in [0.3, 0.4) is 0 Å². The van der Waals surface area contributed by atoms with Crippen LogP contribution in [0.5, 0.6) is 0 Å². The Labute approximate surface area is 248 Å². The molecule has 0 bridgehead atoms. The Balaban J connectivity index is 1.67. The topological polar surface area (TPSA) is 38.7 Å². The number of allylic oxidation sites excluding steroid dienone is 7. The van der Waals surface area contributed by atoms with Crippen molar-refractivity contribution in [2.24, 2.45) is 0 Å². The molecular formula is C39H33N3. The first kappa shape index (κ1) is 28.1. The summed E-state index contributed by atoms with van der Waals surface area (Å²) in [6.45, 7) is 14.3. The van der Waals surface area contributed by atoms with Crippen molar-refractivity contribution in [3.63, 3.8) is 0 Å². The molecule has 0 amide bonds. The maximum absolute atomic E-state index is 4.99. The number of nitrogens with zero attached hydrogens (tertiary/aromatic N) is 3. The van der Waals surface area contributed by atoms with Gasteiger partial charge in [-0.2, -0.15) is 0 Å². The lowest BCUT2D eigenvalue weighted by molar-refractivity contribution is 1.04. The zero-order valence-electron chi connectivity index (χ0n) is 23.9. The van der Waals surface area contributed by atoms with Gasteiger partial charge in [-0.15, -0.1) is 0 Å². The van der Waals surface area contributed by atoms with E-state index in [9.17, 15) is 0 Å². The molecule has 0 saturated heterocycles. The summed E-state index contributed by atoms with van der Waals surface area (Å²) in [5.41, 5.74) is 8.99. The van der Waals surface area contributed by atoms with Gasteiger partial charge in [0.25, 0.3) is 0 Å². The third kappa shape index (κ3) is 6.48. The van der Waals surface area contributed by atoms with Gasteiger partial charge in [0, 0.05) is 16.7 Å². The molecule has 42 heavy (non-hydrogen) atoms. The van der Waals surface area contributed by atoms with Gasteiger partial charge >= 0.3 is 0 Å². The minimum absolute atomic E-state index is 0.537. The lowest BCUT2D eigenvalue weighted by Crippen LogP contribution is -2.03. The summed E-state index contributed by atoms with van der Waals surface area (Å²) in [5.74, 6) is 1.72. The molecule has 0 aliphatic carbocycles. The molecule has 204 valence electrons. The van der Waals surface area contributed by atoms with Crippen molar-refractivity contribution in [1.82, 2.24) is 15.0 Å². The summed E-state index contributed by atoms with van der Waals surface area (Å²) in [6.07, 6.45) is 8.35. The van der Waals surface area contributed by atoms with Gasteiger partial charge in [0.15, 0.2) is 17.5 Å². The Bertz CT molecular complexity index is 1690. The second-order valence-electron chi connectivity index (χ2n) is 9.81. The van der Waals surface area contributed by atoms with E-state index in [4.69, 9.17) is 15.0 Å². The maximum Gasteiger partial charge on any atom is 0.164 e. The van der Waals surface area contributed by atoms with Gasteiger partial charge in [-0.3, -0.25) is 0 Å². The average Bonchev–Trinajstić information content (AvgIpc) is 3.06. The molecule has 1 heterocycles. The summed E-state index contributed by atoms with van der Waals surface area (Å²) in [4.78, 5) is 14.9. The summed E-state index contributed by atoms with van der Waals surface area (Å²) in [6, 6.07) is 37.2. The fourth-order valence-electron chi connectivity index (χ4n) is 4.79. The molecule has 0 spiro atoms. The van der Waals surface area contributed by atoms with Crippen LogP contribution in [0.1, 0.15) is 19.2 Å². The predicted octanol–water partition coefficient (Wildman–Crippen LogP) is 10.2. The first-order valence-electron chi connectivity index (χ1n) is 14.0. The zero-order chi connectivity index (χ0) is 29.3. The van der Waals surface area contributed by atoms with E-state index in [0.29, 0.717) is 17.5 Å². The van der Waals surface area contributed by atoms with Crippen molar-refractivity contribution in [1.29, 1.82) is 0 Å². The standard InChI is InChI=1S/C39H33N3/c1-5-16-29(6-2)28(4)25-30(7-3)37-40-38(35-23-14-21-33(26-35)31-17-10-8-11-18-31)42-39(41-37)36-24-15-22-34(27-36)32-19-12-9-13-20-32/h5,7-27H,1,3-4,6H2,2H3/b29-16+,30-25+. The van der Waals surface area contributed by atoms with Crippen LogP contribution in [0.15, 0.2) is 164 Å². The lowest BCUT2D eigenvalue weighted by atomic mass is 10.0. The monoisotopic (exact) mass is 543 g/mol. The van der Waals surface area contributed by atoms with Crippen LogP contribution in [-0.2, 0) is 0 Å². The van der Waals surface area contributed by atoms with E-state index in [1.54, 1.807) is 12.2 Å². The number of rotatable bonds is 10. The number of hydrogen-bond acceptors (Lipinski definition) is 3. The molecule has 3 heteroatoms. The molecule has 1 aromatic heterocycles. The van der Waals surface area contributed by atoms with Crippen LogP contribution in [0, 0.1) is 0 Å². The minimum atomic E-state index is 0.537. The molecule has 0 unspecified atom stereocenters. The van der Waals surface area contributed by atoms with E-state index in [2.05, 4.69) is 75.2 Å². The second-order valence-corrected chi connectivity index (χ2v) is 9.81. The maximum atomic E-state index is 4.99. The van der Waals surface area contributed by atoms with Gasteiger partial charge in [0.2, 0.25) is 0 Å². The summed E-state index contributed by atoms with van der Waals surface area (Å²) < 4.78 is 0. The highest BCUT2D eigenvalue weighted by atomic mass is 15.0. The van der Waals surface area contributed by atoms with E-state index in [1.807, 2.05) is 72.8 Å². The Hall–Kier alpha value is -5.41. The smallest absolute Gasteiger partial charge is 0.164 e. The number of hydrogen-bond donors (Lipinski definition) is 0. The van der Waals surface area contributed by atoms with Crippen molar-refractivity contribution < 1.29 is 0 Å². The van der Waals surface area contributed by atoms with Gasteiger partial charge < -0.3 is 0 Å². The van der Waals surface area contributed by atoms with Gasteiger partial charge in [0.05, 0.1) is 0 Å². The first-order chi connectivity index (χ1) is 20.6. The molecular weight excluding hydrogens is 510 g/mol. The Morgan fingerprint density at radius 3 is 1.55 bits per heavy atom. The molecule has 3 nitrogen and oxygen atoms in total. The number of aromatic nitrogens is 3. The molecule has 0 fully saturated rings. The summed E-state index contributed by atoms with van der Waals surface area (Å²) >= 11 is 0. The average molecular weight is 544 g/mol. The van der Waals surface area contributed by atoms with Crippen LogP contribution in [0.2, 0.25) is 0 Å². The van der Waals surface area contributed by atoms with Crippen LogP contribution in [0.25, 0.3) is 50.6 Å². The SMILES string of the molecule is C=C/C=C(\CC)C(=C)/C=C(\C=C)c1nc(-c2cccc(-c3ccccc3)c2)nc(-c2cccc(-c3ccccc3)c2)n1. The van der Waals surface area contributed by atoms with Crippen molar-refractivity contribution in [3.8, 4) is 45.0 Å². The third-order valence-corrected chi connectivity index (χ3v) is 7.01. The predicted molar refractivity (Wildman–Crippen MR) is 177 cm³/mol.